The first-order chi connectivity index (χ1) is 8.87. The number of rotatable bonds is 2. The summed E-state index contributed by atoms with van der Waals surface area (Å²) in [5.41, 5.74) is -0.605. The molecule has 0 unspecified atom stereocenters. The Bertz CT molecular complexity index is 418. The van der Waals surface area contributed by atoms with Crippen molar-refractivity contribution in [3.8, 4) is 0 Å². The van der Waals surface area contributed by atoms with Gasteiger partial charge in [0, 0.05) is 5.41 Å². The maximum atomic E-state index is 12.2. The summed E-state index contributed by atoms with van der Waals surface area (Å²) >= 11 is 0. The third kappa shape index (κ3) is 1.72. The summed E-state index contributed by atoms with van der Waals surface area (Å²) in [5, 5.41) is 9.59. The van der Waals surface area contributed by atoms with Crippen LogP contribution in [0.15, 0.2) is 0 Å². The minimum absolute atomic E-state index is 0.170. The molecule has 1 N–H and O–H groups in total. The van der Waals surface area contributed by atoms with Crippen LogP contribution in [0.3, 0.4) is 0 Å². The SMILES string of the molecule is CC1(C)COC(=O)[C@@H]1C12CCC(CC1)C[C@@H]2C(=O)O. The summed E-state index contributed by atoms with van der Waals surface area (Å²) in [6.07, 6.45) is 4.64. The van der Waals surface area contributed by atoms with E-state index in [2.05, 4.69) is 0 Å². The Morgan fingerprint density at radius 1 is 1.32 bits per heavy atom. The van der Waals surface area contributed by atoms with E-state index in [1.54, 1.807) is 0 Å². The summed E-state index contributed by atoms with van der Waals surface area (Å²) in [4.78, 5) is 23.9. The highest BCUT2D eigenvalue weighted by molar-refractivity contribution is 5.79. The molecule has 1 heterocycles. The number of ether oxygens (including phenoxy) is 1. The maximum absolute atomic E-state index is 12.2. The van der Waals surface area contributed by atoms with Crippen LogP contribution in [0, 0.1) is 28.6 Å². The average Bonchev–Trinajstić information content (AvgIpc) is 2.64. The highest BCUT2D eigenvalue weighted by Crippen LogP contribution is 2.62. The second-order valence-electron chi connectivity index (χ2n) is 7.33. The van der Waals surface area contributed by atoms with Gasteiger partial charge < -0.3 is 9.84 Å². The fourth-order valence-electron chi connectivity index (χ4n) is 4.96. The van der Waals surface area contributed by atoms with Gasteiger partial charge >= 0.3 is 11.9 Å². The van der Waals surface area contributed by atoms with Gasteiger partial charge in [0.15, 0.2) is 0 Å². The Labute approximate surface area is 113 Å². The molecule has 2 bridgehead atoms. The van der Waals surface area contributed by atoms with Crippen molar-refractivity contribution in [3.05, 3.63) is 0 Å². The van der Waals surface area contributed by atoms with E-state index in [0.717, 1.165) is 32.1 Å². The fraction of sp³-hybridized carbons (Fsp3) is 0.867. The highest BCUT2D eigenvalue weighted by Gasteiger charge is 2.63. The number of carboxylic acids is 1. The van der Waals surface area contributed by atoms with Crippen molar-refractivity contribution >= 4 is 11.9 Å². The lowest BCUT2D eigenvalue weighted by Gasteiger charge is -2.54. The van der Waals surface area contributed by atoms with Crippen LogP contribution in [0.2, 0.25) is 0 Å². The van der Waals surface area contributed by atoms with Gasteiger partial charge in [0.25, 0.3) is 0 Å². The largest absolute Gasteiger partial charge is 0.481 e. The molecular formula is C15H22O4. The van der Waals surface area contributed by atoms with Gasteiger partial charge in [-0.2, -0.15) is 0 Å². The van der Waals surface area contributed by atoms with E-state index in [4.69, 9.17) is 4.74 Å². The quantitative estimate of drug-likeness (QED) is 0.780. The van der Waals surface area contributed by atoms with Crippen LogP contribution < -0.4 is 0 Å². The van der Waals surface area contributed by atoms with Crippen molar-refractivity contribution < 1.29 is 19.4 Å². The van der Waals surface area contributed by atoms with E-state index in [-0.39, 0.29) is 28.6 Å². The van der Waals surface area contributed by atoms with E-state index < -0.39 is 5.97 Å². The molecule has 4 rings (SSSR count). The number of fused-ring (bicyclic) bond motifs is 3. The summed E-state index contributed by atoms with van der Waals surface area (Å²) in [7, 11) is 0. The highest BCUT2D eigenvalue weighted by atomic mass is 16.5. The Morgan fingerprint density at radius 3 is 2.42 bits per heavy atom. The molecule has 0 aromatic heterocycles. The molecular weight excluding hydrogens is 244 g/mol. The van der Waals surface area contributed by atoms with Crippen LogP contribution in [-0.4, -0.2) is 23.7 Å². The smallest absolute Gasteiger partial charge is 0.310 e. The Kier molecular flexibility index (Phi) is 2.70. The van der Waals surface area contributed by atoms with Crippen molar-refractivity contribution in [2.75, 3.05) is 6.61 Å². The van der Waals surface area contributed by atoms with Crippen LogP contribution >= 0.6 is 0 Å². The number of hydrogen-bond donors (Lipinski definition) is 1. The van der Waals surface area contributed by atoms with Gasteiger partial charge in [-0.3, -0.25) is 9.59 Å². The summed E-state index contributed by atoms with van der Waals surface area (Å²) in [5.74, 6) is -0.961. The third-order valence-corrected chi connectivity index (χ3v) is 5.78. The van der Waals surface area contributed by atoms with E-state index in [1.807, 2.05) is 13.8 Å². The molecule has 0 aromatic rings. The van der Waals surface area contributed by atoms with E-state index in [9.17, 15) is 14.7 Å². The van der Waals surface area contributed by atoms with Crippen LogP contribution in [0.5, 0.6) is 0 Å². The lowest BCUT2D eigenvalue weighted by molar-refractivity contribution is -0.167. The third-order valence-electron chi connectivity index (χ3n) is 5.78. The van der Waals surface area contributed by atoms with Gasteiger partial charge in [-0.1, -0.05) is 13.8 Å². The minimum atomic E-state index is -0.722. The molecule has 4 heteroatoms. The first-order valence-corrected chi connectivity index (χ1v) is 7.26. The van der Waals surface area contributed by atoms with Crippen LogP contribution in [0.25, 0.3) is 0 Å². The van der Waals surface area contributed by atoms with Crippen LogP contribution in [0.4, 0.5) is 0 Å². The predicted molar refractivity (Wildman–Crippen MR) is 68.4 cm³/mol. The molecule has 2 atom stereocenters. The van der Waals surface area contributed by atoms with Gasteiger partial charge in [-0.15, -0.1) is 0 Å². The van der Waals surface area contributed by atoms with E-state index in [1.165, 1.54) is 0 Å². The number of cyclic esters (lactones) is 1. The predicted octanol–water partition coefficient (Wildman–Crippen LogP) is 2.47. The van der Waals surface area contributed by atoms with Crippen molar-refractivity contribution in [3.63, 3.8) is 0 Å². The lowest BCUT2D eigenvalue weighted by atomic mass is 9.47. The van der Waals surface area contributed by atoms with Crippen molar-refractivity contribution in [2.45, 2.75) is 46.0 Å². The number of carbonyl (C=O) groups is 2. The van der Waals surface area contributed by atoms with Gasteiger partial charge in [0.05, 0.1) is 18.4 Å². The van der Waals surface area contributed by atoms with Crippen LogP contribution in [-0.2, 0) is 14.3 Å². The summed E-state index contributed by atoms with van der Waals surface area (Å²) in [6.45, 7) is 4.50. The zero-order chi connectivity index (χ0) is 13.8. The number of carboxylic acid groups (broad SMARTS) is 1. The zero-order valence-corrected chi connectivity index (χ0v) is 11.6. The normalized spacial score (nSPS) is 44.1. The molecule has 3 saturated carbocycles. The molecule has 4 aliphatic rings. The Hall–Kier alpha value is -1.06. The van der Waals surface area contributed by atoms with Crippen molar-refractivity contribution in [2.24, 2.45) is 28.6 Å². The molecule has 3 aliphatic carbocycles. The first-order valence-electron chi connectivity index (χ1n) is 7.26. The minimum Gasteiger partial charge on any atom is -0.481 e. The number of aliphatic carboxylic acids is 1. The molecule has 1 saturated heterocycles. The topological polar surface area (TPSA) is 63.6 Å². The molecule has 4 nitrogen and oxygen atoms in total. The second-order valence-corrected chi connectivity index (χ2v) is 7.33. The van der Waals surface area contributed by atoms with Crippen molar-refractivity contribution in [1.82, 2.24) is 0 Å². The molecule has 1 aliphatic heterocycles. The molecule has 19 heavy (non-hydrogen) atoms. The number of hydrogen-bond acceptors (Lipinski definition) is 3. The van der Waals surface area contributed by atoms with Gasteiger partial charge in [0.1, 0.15) is 0 Å². The first kappa shape index (κ1) is 12.9. The second kappa shape index (κ2) is 3.97. The molecule has 4 fully saturated rings. The molecule has 0 aromatic carbocycles. The monoisotopic (exact) mass is 266 g/mol. The molecule has 0 radical (unpaired) electrons. The van der Waals surface area contributed by atoms with Gasteiger partial charge in [-0.25, -0.2) is 0 Å². The van der Waals surface area contributed by atoms with Gasteiger partial charge in [-0.05, 0) is 43.4 Å². The fourth-order valence-corrected chi connectivity index (χ4v) is 4.96. The summed E-state index contributed by atoms with van der Waals surface area (Å²) < 4.78 is 5.27. The van der Waals surface area contributed by atoms with Crippen LogP contribution in [0.1, 0.15) is 46.0 Å². The Morgan fingerprint density at radius 2 is 1.95 bits per heavy atom. The van der Waals surface area contributed by atoms with E-state index in [0.29, 0.717) is 12.5 Å². The molecule has 0 amide bonds. The van der Waals surface area contributed by atoms with E-state index >= 15 is 0 Å². The molecule has 106 valence electrons. The number of esters is 1. The Balaban J connectivity index is 2.03. The average molecular weight is 266 g/mol. The molecule has 0 spiro atoms. The van der Waals surface area contributed by atoms with Gasteiger partial charge in [0.2, 0.25) is 0 Å². The lowest BCUT2D eigenvalue weighted by Crippen LogP contribution is -2.54. The zero-order valence-electron chi connectivity index (χ0n) is 11.6. The number of carbonyl (C=O) groups excluding carboxylic acids is 1. The van der Waals surface area contributed by atoms with Crippen molar-refractivity contribution in [1.29, 1.82) is 0 Å². The summed E-state index contributed by atoms with van der Waals surface area (Å²) in [6, 6.07) is 0. The standard InChI is InChI=1S/C15H22O4/c1-14(2)8-19-13(18)11(14)15-5-3-9(4-6-15)7-10(15)12(16)17/h9-11H,3-8H2,1-2H3,(H,16,17)/t9?,10-,11+,15?/m1/s1. The maximum Gasteiger partial charge on any atom is 0.310 e.